The molecule has 0 atom stereocenters. The number of likely N-dealkylation sites (N-methyl/N-ethyl adjacent to an activating group) is 1. The lowest BCUT2D eigenvalue weighted by atomic mass is 9.73. The lowest BCUT2D eigenvalue weighted by Crippen LogP contribution is -2.15. The van der Waals surface area contributed by atoms with Gasteiger partial charge in [-0.05, 0) is 70.4 Å². The first-order valence-corrected chi connectivity index (χ1v) is 11.5. The lowest BCUT2D eigenvalue weighted by molar-refractivity contribution is -0.115. The monoisotopic (exact) mass is 433 g/mol. The minimum Gasteiger partial charge on any atom is -0.356 e. The summed E-state index contributed by atoms with van der Waals surface area (Å²) in [6, 6.07) is 25.8. The molecule has 3 aromatic carbocycles. The first kappa shape index (κ1) is 21.0. The van der Waals surface area contributed by atoms with Gasteiger partial charge >= 0.3 is 0 Å². The Bertz CT molecular complexity index is 1330. The standard InChI is InChI=1S/C29H27N3O/c1-30-27(33)17-12-20-10-13-23(14-11-20)29(24-15-16-26-25(18-24)19-31-32-26)28(22-8-5-9-22)21-6-3-2-4-7-21/h2-4,6-7,10-19,22H,5,8-9H2,1H3,(H,30,33)(H,31,32)/b17-12+,29-28-. The Balaban J connectivity index is 1.68. The van der Waals surface area contributed by atoms with E-state index in [0.717, 1.165) is 16.5 Å². The summed E-state index contributed by atoms with van der Waals surface area (Å²) in [5, 5.41) is 11.0. The number of amides is 1. The second kappa shape index (κ2) is 9.29. The number of carbonyl (C=O) groups excluding carboxylic acids is 1. The van der Waals surface area contributed by atoms with Crippen LogP contribution in [-0.4, -0.2) is 23.2 Å². The van der Waals surface area contributed by atoms with E-state index in [1.54, 1.807) is 13.1 Å². The molecule has 4 heteroatoms. The second-order valence-electron chi connectivity index (χ2n) is 8.52. The molecule has 0 saturated heterocycles. The summed E-state index contributed by atoms with van der Waals surface area (Å²) < 4.78 is 0. The van der Waals surface area contributed by atoms with E-state index in [2.05, 4.69) is 88.3 Å². The number of nitrogens with one attached hydrogen (secondary N) is 2. The SMILES string of the molecule is CNC(=O)/C=C/c1ccc(/C(=C(\c2ccccc2)C2CCC2)c2ccc3[nH]ncc3c2)cc1. The quantitative estimate of drug-likeness (QED) is 0.286. The van der Waals surface area contributed by atoms with Crippen molar-refractivity contribution in [3.63, 3.8) is 0 Å². The largest absolute Gasteiger partial charge is 0.356 e. The zero-order valence-corrected chi connectivity index (χ0v) is 18.7. The number of benzene rings is 3. The number of aromatic amines is 1. The van der Waals surface area contributed by atoms with Crippen molar-refractivity contribution in [1.82, 2.24) is 15.5 Å². The fraction of sp³-hybridized carbons (Fsp3) is 0.172. The van der Waals surface area contributed by atoms with E-state index in [-0.39, 0.29) is 5.91 Å². The van der Waals surface area contributed by atoms with E-state index in [1.807, 2.05) is 12.3 Å². The molecule has 1 heterocycles. The molecule has 0 radical (unpaired) electrons. The highest BCUT2D eigenvalue weighted by Crippen LogP contribution is 2.45. The van der Waals surface area contributed by atoms with E-state index in [4.69, 9.17) is 0 Å². The average molecular weight is 434 g/mol. The number of carbonyl (C=O) groups is 1. The molecule has 2 N–H and O–H groups in total. The molecule has 4 aromatic rings. The van der Waals surface area contributed by atoms with Gasteiger partial charge in [-0.2, -0.15) is 5.10 Å². The van der Waals surface area contributed by atoms with Crippen LogP contribution in [0.1, 0.15) is 41.5 Å². The van der Waals surface area contributed by atoms with Crippen LogP contribution in [-0.2, 0) is 4.79 Å². The Labute approximate surface area is 194 Å². The fourth-order valence-electron chi connectivity index (χ4n) is 4.49. The summed E-state index contributed by atoms with van der Waals surface area (Å²) in [5.74, 6) is 0.444. The molecule has 4 nitrogen and oxygen atoms in total. The topological polar surface area (TPSA) is 57.8 Å². The molecule has 1 aliphatic carbocycles. The van der Waals surface area contributed by atoms with Crippen molar-refractivity contribution in [3.8, 4) is 0 Å². The number of allylic oxidation sites excluding steroid dienone is 1. The van der Waals surface area contributed by atoms with Gasteiger partial charge in [0.15, 0.2) is 0 Å². The first-order chi connectivity index (χ1) is 16.2. The highest BCUT2D eigenvalue weighted by Gasteiger charge is 2.27. The van der Waals surface area contributed by atoms with Crippen molar-refractivity contribution in [1.29, 1.82) is 0 Å². The Morgan fingerprint density at radius 3 is 2.42 bits per heavy atom. The van der Waals surface area contributed by atoms with Crippen LogP contribution in [0.25, 0.3) is 28.1 Å². The smallest absolute Gasteiger partial charge is 0.243 e. The molecular formula is C29H27N3O. The number of aromatic nitrogens is 2. The van der Waals surface area contributed by atoms with Gasteiger partial charge < -0.3 is 5.32 Å². The molecule has 1 aromatic heterocycles. The number of fused-ring (bicyclic) bond motifs is 1. The van der Waals surface area contributed by atoms with Gasteiger partial charge in [-0.1, -0.05) is 67.1 Å². The molecule has 1 aliphatic rings. The highest BCUT2D eigenvalue weighted by molar-refractivity contribution is 6.01. The predicted molar refractivity (Wildman–Crippen MR) is 135 cm³/mol. The van der Waals surface area contributed by atoms with E-state index < -0.39 is 0 Å². The van der Waals surface area contributed by atoms with Crippen molar-refractivity contribution in [2.24, 2.45) is 5.92 Å². The molecule has 0 aliphatic heterocycles. The van der Waals surface area contributed by atoms with Gasteiger partial charge in [-0.15, -0.1) is 0 Å². The molecule has 1 amide bonds. The third-order valence-corrected chi connectivity index (χ3v) is 6.47. The van der Waals surface area contributed by atoms with Crippen molar-refractivity contribution >= 4 is 34.0 Å². The van der Waals surface area contributed by atoms with Crippen LogP contribution < -0.4 is 5.32 Å². The number of H-pyrrole nitrogens is 1. The van der Waals surface area contributed by atoms with Crippen LogP contribution >= 0.6 is 0 Å². The van der Waals surface area contributed by atoms with E-state index in [1.165, 1.54) is 47.1 Å². The normalized spacial score (nSPS) is 14.8. The van der Waals surface area contributed by atoms with Gasteiger partial charge in [0.25, 0.3) is 0 Å². The minimum atomic E-state index is -0.107. The number of nitrogens with zero attached hydrogens (tertiary/aromatic N) is 1. The third-order valence-electron chi connectivity index (χ3n) is 6.47. The fourth-order valence-corrected chi connectivity index (χ4v) is 4.49. The Hall–Kier alpha value is -3.92. The van der Waals surface area contributed by atoms with Crippen molar-refractivity contribution in [3.05, 3.63) is 107 Å². The maximum atomic E-state index is 11.6. The summed E-state index contributed by atoms with van der Waals surface area (Å²) in [6.07, 6.45) is 8.99. The summed E-state index contributed by atoms with van der Waals surface area (Å²) >= 11 is 0. The average Bonchev–Trinajstić information content (AvgIpc) is 3.30. The molecule has 5 rings (SSSR count). The van der Waals surface area contributed by atoms with E-state index >= 15 is 0 Å². The number of hydrogen-bond donors (Lipinski definition) is 2. The highest BCUT2D eigenvalue weighted by atomic mass is 16.1. The van der Waals surface area contributed by atoms with Crippen LogP contribution in [0, 0.1) is 5.92 Å². The second-order valence-corrected chi connectivity index (χ2v) is 8.52. The molecule has 0 bridgehead atoms. The molecule has 0 spiro atoms. The van der Waals surface area contributed by atoms with Gasteiger partial charge in [0.05, 0.1) is 11.7 Å². The van der Waals surface area contributed by atoms with Gasteiger partial charge in [0.1, 0.15) is 0 Å². The Kier molecular flexibility index (Phi) is 5.90. The molecule has 33 heavy (non-hydrogen) atoms. The van der Waals surface area contributed by atoms with Gasteiger partial charge in [0.2, 0.25) is 5.91 Å². The third kappa shape index (κ3) is 4.37. The lowest BCUT2D eigenvalue weighted by Gasteiger charge is -2.31. The summed E-state index contributed by atoms with van der Waals surface area (Å²) in [6.45, 7) is 0. The van der Waals surface area contributed by atoms with E-state index in [0.29, 0.717) is 5.92 Å². The molecule has 1 saturated carbocycles. The Morgan fingerprint density at radius 2 is 1.73 bits per heavy atom. The van der Waals surface area contributed by atoms with Gasteiger partial charge in [-0.25, -0.2) is 0 Å². The van der Waals surface area contributed by atoms with Crippen LogP contribution in [0.3, 0.4) is 0 Å². The molecule has 164 valence electrons. The minimum absolute atomic E-state index is 0.107. The van der Waals surface area contributed by atoms with Gasteiger partial charge in [-0.3, -0.25) is 9.89 Å². The van der Waals surface area contributed by atoms with Crippen LogP contribution in [0.15, 0.2) is 85.1 Å². The summed E-state index contributed by atoms with van der Waals surface area (Å²) in [4.78, 5) is 11.6. The summed E-state index contributed by atoms with van der Waals surface area (Å²) in [7, 11) is 1.63. The number of hydrogen-bond acceptors (Lipinski definition) is 2. The van der Waals surface area contributed by atoms with Crippen molar-refractivity contribution in [2.75, 3.05) is 7.05 Å². The van der Waals surface area contributed by atoms with Crippen LogP contribution in [0.5, 0.6) is 0 Å². The van der Waals surface area contributed by atoms with Crippen molar-refractivity contribution in [2.45, 2.75) is 19.3 Å². The molecular weight excluding hydrogens is 406 g/mol. The zero-order valence-electron chi connectivity index (χ0n) is 18.7. The molecule has 0 unspecified atom stereocenters. The van der Waals surface area contributed by atoms with Gasteiger partial charge in [0, 0.05) is 18.5 Å². The molecule has 1 fully saturated rings. The first-order valence-electron chi connectivity index (χ1n) is 11.5. The Morgan fingerprint density at radius 1 is 0.970 bits per heavy atom. The van der Waals surface area contributed by atoms with Crippen LogP contribution in [0.2, 0.25) is 0 Å². The maximum Gasteiger partial charge on any atom is 0.243 e. The zero-order chi connectivity index (χ0) is 22.6. The van der Waals surface area contributed by atoms with Crippen molar-refractivity contribution < 1.29 is 4.79 Å². The van der Waals surface area contributed by atoms with E-state index in [9.17, 15) is 4.79 Å². The summed E-state index contributed by atoms with van der Waals surface area (Å²) in [5.41, 5.74) is 8.39. The maximum absolute atomic E-state index is 11.6. The van der Waals surface area contributed by atoms with Crippen LogP contribution in [0.4, 0.5) is 0 Å². The number of rotatable bonds is 6. The predicted octanol–water partition coefficient (Wildman–Crippen LogP) is 6.08.